The fourth-order valence-electron chi connectivity index (χ4n) is 2.70. The van der Waals surface area contributed by atoms with Crippen LogP contribution in [0.2, 0.25) is 0 Å². The first kappa shape index (κ1) is 14.4. The number of hydrogen-bond acceptors (Lipinski definition) is 3. The summed E-state index contributed by atoms with van der Waals surface area (Å²) in [6.45, 7) is 4.44. The van der Waals surface area contributed by atoms with Crippen molar-refractivity contribution in [1.82, 2.24) is 0 Å². The molecular weight excluding hydrogens is 272 g/mol. The maximum atomic E-state index is 5.14. The van der Waals surface area contributed by atoms with Crippen LogP contribution in [0.25, 0.3) is 0 Å². The van der Waals surface area contributed by atoms with Crippen LogP contribution >= 0.6 is 0 Å². The first-order valence-corrected chi connectivity index (χ1v) is 7.36. The van der Waals surface area contributed by atoms with Gasteiger partial charge in [0.05, 0.1) is 12.8 Å². The quantitative estimate of drug-likeness (QED) is 0.833. The van der Waals surface area contributed by atoms with Gasteiger partial charge < -0.3 is 10.1 Å². The third-order valence-corrected chi connectivity index (χ3v) is 4.08. The molecule has 3 heteroatoms. The van der Waals surface area contributed by atoms with Crippen molar-refractivity contribution in [2.75, 3.05) is 12.4 Å². The van der Waals surface area contributed by atoms with Crippen LogP contribution in [-0.2, 0) is 5.41 Å². The zero-order valence-corrected chi connectivity index (χ0v) is 13.1. The van der Waals surface area contributed by atoms with Gasteiger partial charge in [0.2, 0.25) is 0 Å². The second-order valence-electron chi connectivity index (χ2n) is 5.85. The van der Waals surface area contributed by atoms with E-state index in [-0.39, 0.29) is 5.41 Å². The van der Waals surface area contributed by atoms with E-state index in [1.165, 1.54) is 11.3 Å². The summed E-state index contributed by atoms with van der Waals surface area (Å²) in [5.74, 6) is 0.839. The Morgan fingerprint density at radius 2 is 1.77 bits per heavy atom. The number of methoxy groups -OCH3 is 1. The molecule has 0 saturated heterocycles. The molecular formula is C19H20N2O. The topological polar surface area (TPSA) is 33.6 Å². The van der Waals surface area contributed by atoms with Crippen LogP contribution in [0.3, 0.4) is 0 Å². The molecule has 1 aliphatic heterocycles. The standard InChI is InChI=1S/C19H20N2O/c1-19(2)16-6-4-5-7-17(16)21-18(19)12-13-20-14-8-10-15(22-3)11-9-14/h4-13,21H,1-3H3. The lowest BCUT2D eigenvalue weighted by atomic mass is 9.84. The van der Waals surface area contributed by atoms with Gasteiger partial charge in [-0.25, -0.2) is 0 Å². The molecule has 2 aromatic carbocycles. The minimum absolute atomic E-state index is 0.0253. The Bertz CT molecular complexity index is 727. The number of hydrogen-bond donors (Lipinski definition) is 1. The first-order valence-electron chi connectivity index (χ1n) is 7.36. The monoisotopic (exact) mass is 292 g/mol. The highest BCUT2D eigenvalue weighted by Crippen LogP contribution is 2.42. The van der Waals surface area contributed by atoms with Crippen molar-refractivity contribution in [2.24, 2.45) is 4.99 Å². The molecule has 1 aliphatic rings. The smallest absolute Gasteiger partial charge is 0.119 e. The van der Waals surface area contributed by atoms with Gasteiger partial charge in [-0.05, 0) is 42.0 Å². The number of nitrogens with one attached hydrogen (secondary N) is 1. The minimum Gasteiger partial charge on any atom is -0.497 e. The summed E-state index contributed by atoms with van der Waals surface area (Å²) in [6, 6.07) is 16.1. The molecule has 0 aromatic heterocycles. The Hall–Kier alpha value is -2.55. The van der Waals surface area contributed by atoms with Crippen LogP contribution in [0.15, 0.2) is 65.3 Å². The van der Waals surface area contributed by atoms with Crippen molar-refractivity contribution >= 4 is 17.6 Å². The number of allylic oxidation sites excluding steroid dienone is 2. The fraction of sp³-hybridized carbons (Fsp3) is 0.211. The predicted molar refractivity (Wildman–Crippen MR) is 92.3 cm³/mol. The molecule has 1 N–H and O–H groups in total. The number of para-hydroxylation sites is 1. The van der Waals surface area contributed by atoms with E-state index in [4.69, 9.17) is 4.74 Å². The number of ether oxygens (including phenoxy) is 1. The van der Waals surface area contributed by atoms with Gasteiger partial charge in [-0.3, -0.25) is 4.99 Å². The van der Waals surface area contributed by atoms with Gasteiger partial charge >= 0.3 is 0 Å². The van der Waals surface area contributed by atoms with Gasteiger partial charge in [0, 0.05) is 23.0 Å². The van der Waals surface area contributed by atoms with Gasteiger partial charge in [0.15, 0.2) is 0 Å². The maximum Gasteiger partial charge on any atom is 0.119 e. The Morgan fingerprint density at radius 3 is 2.45 bits per heavy atom. The molecule has 1 heterocycles. The van der Waals surface area contributed by atoms with E-state index in [1.54, 1.807) is 7.11 Å². The number of fused-ring (bicyclic) bond motifs is 1. The minimum atomic E-state index is -0.0253. The molecule has 0 amide bonds. The lowest BCUT2D eigenvalue weighted by Gasteiger charge is -2.19. The summed E-state index contributed by atoms with van der Waals surface area (Å²) in [6.07, 6.45) is 3.89. The highest BCUT2D eigenvalue weighted by atomic mass is 16.5. The number of rotatable bonds is 3. The van der Waals surface area contributed by atoms with Gasteiger partial charge in [-0.1, -0.05) is 32.0 Å². The normalized spacial score (nSPS) is 17.5. The van der Waals surface area contributed by atoms with E-state index in [1.807, 2.05) is 36.6 Å². The molecule has 0 bridgehead atoms. The van der Waals surface area contributed by atoms with E-state index in [2.05, 4.69) is 48.4 Å². The average Bonchev–Trinajstić information content (AvgIpc) is 2.79. The van der Waals surface area contributed by atoms with Crippen LogP contribution < -0.4 is 10.1 Å². The third kappa shape index (κ3) is 2.62. The van der Waals surface area contributed by atoms with E-state index in [0.717, 1.165) is 17.1 Å². The molecule has 0 fully saturated rings. The van der Waals surface area contributed by atoms with E-state index < -0.39 is 0 Å². The molecule has 3 rings (SSSR count). The van der Waals surface area contributed by atoms with Crippen LogP contribution in [0.4, 0.5) is 11.4 Å². The van der Waals surface area contributed by atoms with Crippen LogP contribution in [0.5, 0.6) is 5.75 Å². The van der Waals surface area contributed by atoms with Crippen molar-refractivity contribution in [1.29, 1.82) is 0 Å². The number of aliphatic imine (C=N–C) groups is 1. The van der Waals surface area contributed by atoms with Gasteiger partial charge in [0.1, 0.15) is 5.75 Å². The van der Waals surface area contributed by atoms with E-state index in [0.29, 0.717) is 0 Å². The van der Waals surface area contributed by atoms with Crippen molar-refractivity contribution in [3.05, 3.63) is 65.9 Å². The third-order valence-electron chi connectivity index (χ3n) is 4.08. The molecule has 22 heavy (non-hydrogen) atoms. The average molecular weight is 292 g/mol. The Balaban J connectivity index is 1.80. The highest BCUT2D eigenvalue weighted by Gasteiger charge is 2.33. The fourth-order valence-corrected chi connectivity index (χ4v) is 2.70. The molecule has 0 aliphatic carbocycles. The van der Waals surface area contributed by atoms with Crippen molar-refractivity contribution in [3.8, 4) is 5.75 Å². The second-order valence-corrected chi connectivity index (χ2v) is 5.85. The lowest BCUT2D eigenvalue weighted by molar-refractivity contribution is 0.415. The predicted octanol–water partition coefficient (Wildman–Crippen LogP) is 4.68. The molecule has 3 nitrogen and oxygen atoms in total. The first-order chi connectivity index (χ1) is 10.6. The molecule has 0 saturated carbocycles. The number of benzene rings is 2. The Labute approximate surface area is 131 Å². The molecule has 0 radical (unpaired) electrons. The van der Waals surface area contributed by atoms with Crippen LogP contribution in [0.1, 0.15) is 19.4 Å². The summed E-state index contributed by atoms with van der Waals surface area (Å²) in [7, 11) is 1.66. The van der Waals surface area contributed by atoms with E-state index in [9.17, 15) is 0 Å². The van der Waals surface area contributed by atoms with Crippen LogP contribution in [-0.4, -0.2) is 13.3 Å². The summed E-state index contributed by atoms with van der Waals surface area (Å²) in [5.41, 5.74) is 4.54. The highest BCUT2D eigenvalue weighted by molar-refractivity contribution is 5.80. The summed E-state index contributed by atoms with van der Waals surface area (Å²) < 4.78 is 5.14. The second kappa shape index (κ2) is 5.68. The summed E-state index contributed by atoms with van der Waals surface area (Å²) in [5, 5.41) is 3.48. The zero-order valence-electron chi connectivity index (χ0n) is 13.1. The summed E-state index contributed by atoms with van der Waals surface area (Å²) in [4.78, 5) is 4.48. The molecule has 0 unspecified atom stereocenters. The Kier molecular flexibility index (Phi) is 3.72. The lowest BCUT2D eigenvalue weighted by Crippen LogP contribution is -2.17. The zero-order chi connectivity index (χ0) is 15.6. The number of nitrogens with zero attached hydrogens (tertiary/aromatic N) is 1. The van der Waals surface area contributed by atoms with E-state index >= 15 is 0 Å². The Morgan fingerprint density at radius 1 is 1.05 bits per heavy atom. The molecule has 0 spiro atoms. The SMILES string of the molecule is COc1ccc(N=CC=C2Nc3ccccc3C2(C)C)cc1. The van der Waals surface area contributed by atoms with Crippen molar-refractivity contribution in [3.63, 3.8) is 0 Å². The maximum absolute atomic E-state index is 5.14. The van der Waals surface area contributed by atoms with Crippen LogP contribution in [0, 0.1) is 0 Å². The molecule has 2 aromatic rings. The number of anilines is 1. The van der Waals surface area contributed by atoms with Crippen molar-refractivity contribution < 1.29 is 4.74 Å². The largest absolute Gasteiger partial charge is 0.497 e. The molecule has 112 valence electrons. The van der Waals surface area contributed by atoms with Gasteiger partial charge in [-0.15, -0.1) is 0 Å². The molecule has 0 atom stereocenters. The van der Waals surface area contributed by atoms with Gasteiger partial charge in [0.25, 0.3) is 0 Å². The van der Waals surface area contributed by atoms with Gasteiger partial charge in [-0.2, -0.15) is 0 Å². The summed E-state index contributed by atoms with van der Waals surface area (Å²) >= 11 is 0. The van der Waals surface area contributed by atoms with Crippen molar-refractivity contribution in [2.45, 2.75) is 19.3 Å².